The predicted molar refractivity (Wildman–Crippen MR) is 35.3 cm³/mol. The molecule has 0 radical (unpaired) electrons. The summed E-state index contributed by atoms with van der Waals surface area (Å²) >= 11 is 0. The summed E-state index contributed by atoms with van der Waals surface area (Å²) in [6.45, 7) is 0.770. The van der Waals surface area contributed by atoms with Crippen molar-refractivity contribution in [2.45, 2.75) is 18.4 Å². The van der Waals surface area contributed by atoms with Crippen LogP contribution in [0.15, 0.2) is 0 Å². The Morgan fingerprint density at radius 3 is 2.80 bits per heavy atom. The van der Waals surface area contributed by atoms with Crippen molar-refractivity contribution in [3.8, 4) is 0 Å². The van der Waals surface area contributed by atoms with E-state index in [0.29, 0.717) is 13.1 Å². The van der Waals surface area contributed by atoms with E-state index in [2.05, 4.69) is 10.6 Å². The van der Waals surface area contributed by atoms with Crippen LogP contribution in [-0.2, 0) is 0 Å². The van der Waals surface area contributed by atoms with E-state index in [0.717, 1.165) is 0 Å². The van der Waals surface area contributed by atoms with Crippen LogP contribution in [0.4, 0.5) is 8.78 Å². The third-order valence-corrected chi connectivity index (χ3v) is 1.77. The maximum absolute atomic E-state index is 12.7. The van der Waals surface area contributed by atoms with Gasteiger partial charge in [0.1, 0.15) is 0 Å². The number of halogens is 2. The normalized spacial score (nSPS) is 30.9. The molecule has 0 aromatic carbocycles. The van der Waals surface area contributed by atoms with Crippen LogP contribution in [0, 0.1) is 0 Å². The number of alkyl halides is 2. The maximum atomic E-state index is 12.7. The first-order valence-corrected chi connectivity index (χ1v) is 3.42. The monoisotopic (exact) mass is 150 g/mol. The molecular formula is C6H12F2N2. The molecule has 0 aromatic rings. The quantitative estimate of drug-likeness (QED) is 0.587. The van der Waals surface area contributed by atoms with Crippen molar-refractivity contribution in [3.05, 3.63) is 0 Å². The summed E-state index contributed by atoms with van der Waals surface area (Å²) < 4.78 is 25.4. The van der Waals surface area contributed by atoms with Gasteiger partial charge in [0, 0.05) is 19.5 Å². The van der Waals surface area contributed by atoms with Crippen molar-refractivity contribution in [1.82, 2.24) is 10.6 Å². The Kier molecular flexibility index (Phi) is 2.21. The van der Waals surface area contributed by atoms with Crippen LogP contribution in [0.5, 0.6) is 0 Å². The van der Waals surface area contributed by atoms with E-state index in [-0.39, 0.29) is 6.42 Å². The molecule has 1 heterocycles. The SMILES string of the molecule is CNC[C@H]1NCCC1(F)F. The molecule has 1 fully saturated rings. The molecule has 1 aliphatic heterocycles. The Morgan fingerprint density at radius 2 is 2.40 bits per heavy atom. The standard InChI is InChI=1S/C6H12F2N2/c1-9-4-5-6(7,8)2-3-10-5/h5,9-10H,2-4H2,1H3/t5-/m1/s1. The lowest BCUT2D eigenvalue weighted by molar-refractivity contribution is -0.00985. The fourth-order valence-corrected chi connectivity index (χ4v) is 1.16. The summed E-state index contributed by atoms with van der Waals surface area (Å²) in [6.07, 6.45) is -0.0284. The third kappa shape index (κ3) is 1.44. The van der Waals surface area contributed by atoms with Crippen molar-refractivity contribution < 1.29 is 8.78 Å². The van der Waals surface area contributed by atoms with E-state index in [1.807, 2.05) is 0 Å². The van der Waals surface area contributed by atoms with E-state index in [9.17, 15) is 8.78 Å². The van der Waals surface area contributed by atoms with Gasteiger partial charge in [-0.3, -0.25) is 0 Å². The van der Waals surface area contributed by atoms with Crippen LogP contribution >= 0.6 is 0 Å². The fraction of sp³-hybridized carbons (Fsp3) is 1.00. The van der Waals surface area contributed by atoms with Crippen LogP contribution < -0.4 is 10.6 Å². The molecular weight excluding hydrogens is 138 g/mol. The Balaban J connectivity index is 2.43. The maximum Gasteiger partial charge on any atom is 0.265 e. The molecule has 1 saturated heterocycles. The molecule has 0 saturated carbocycles. The highest BCUT2D eigenvalue weighted by atomic mass is 19.3. The van der Waals surface area contributed by atoms with Crippen LogP contribution in [0.2, 0.25) is 0 Å². The average molecular weight is 150 g/mol. The summed E-state index contributed by atoms with van der Waals surface area (Å²) in [5.74, 6) is -2.51. The summed E-state index contributed by atoms with van der Waals surface area (Å²) in [6, 6.07) is -0.669. The number of hydrogen-bond donors (Lipinski definition) is 2. The number of rotatable bonds is 2. The first-order chi connectivity index (χ1) is 4.67. The zero-order valence-electron chi connectivity index (χ0n) is 5.95. The molecule has 0 amide bonds. The molecule has 0 aromatic heterocycles. The Hall–Kier alpha value is -0.220. The Labute approximate surface area is 59.0 Å². The van der Waals surface area contributed by atoms with E-state index < -0.39 is 12.0 Å². The number of hydrogen-bond acceptors (Lipinski definition) is 2. The van der Waals surface area contributed by atoms with Crippen LogP contribution in [0.3, 0.4) is 0 Å². The highest BCUT2D eigenvalue weighted by Crippen LogP contribution is 2.26. The van der Waals surface area contributed by atoms with Gasteiger partial charge >= 0.3 is 0 Å². The van der Waals surface area contributed by atoms with Crippen molar-refractivity contribution in [2.24, 2.45) is 0 Å². The van der Waals surface area contributed by atoms with Crippen molar-refractivity contribution in [3.63, 3.8) is 0 Å². The van der Waals surface area contributed by atoms with Crippen LogP contribution in [-0.4, -0.2) is 32.1 Å². The van der Waals surface area contributed by atoms with Gasteiger partial charge < -0.3 is 10.6 Å². The van der Waals surface area contributed by atoms with Gasteiger partial charge in [-0.05, 0) is 7.05 Å². The van der Waals surface area contributed by atoms with Crippen molar-refractivity contribution in [2.75, 3.05) is 20.1 Å². The molecule has 2 N–H and O–H groups in total. The minimum atomic E-state index is -2.51. The van der Waals surface area contributed by atoms with E-state index in [4.69, 9.17) is 0 Å². The van der Waals surface area contributed by atoms with Crippen LogP contribution in [0.25, 0.3) is 0 Å². The Morgan fingerprint density at radius 1 is 1.70 bits per heavy atom. The molecule has 4 heteroatoms. The molecule has 0 bridgehead atoms. The van der Waals surface area contributed by atoms with Gasteiger partial charge in [0.25, 0.3) is 5.92 Å². The van der Waals surface area contributed by atoms with E-state index >= 15 is 0 Å². The highest BCUT2D eigenvalue weighted by Gasteiger charge is 2.42. The molecule has 0 spiro atoms. The Bertz CT molecular complexity index is 116. The molecule has 10 heavy (non-hydrogen) atoms. The molecule has 1 atom stereocenters. The van der Waals surface area contributed by atoms with Gasteiger partial charge in [-0.25, -0.2) is 8.78 Å². The first-order valence-electron chi connectivity index (χ1n) is 3.42. The second-order valence-corrected chi connectivity index (χ2v) is 2.58. The fourth-order valence-electron chi connectivity index (χ4n) is 1.16. The third-order valence-electron chi connectivity index (χ3n) is 1.77. The highest BCUT2D eigenvalue weighted by molar-refractivity contribution is 4.91. The zero-order valence-corrected chi connectivity index (χ0v) is 5.95. The topological polar surface area (TPSA) is 24.1 Å². The van der Waals surface area contributed by atoms with Gasteiger partial charge in [-0.15, -0.1) is 0 Å². The second kappa shape index (κ2) is 2.80. The van der Waals surface area contributed by atoms with Gasteiger partial charge in [0.05, 0.1) is 6.04 Å². The van der Waals surface area contributed by atoms with E-state index in [1.165, 1.54) is 0 Å². The van der Waals surface area contributed by atoms with Gasteiger partial charge in [-0.1, -0.05) is 0 Å². The second-order valence-electron chi connectivity index (χ2n) is 2.58. The molecule has 0 unspecified atom stereocenters. The molecule has 60 valence electrons. The summed E-state index contributed by atoms with van der Waals surface area (Å²) in [5.41, 5.74) is 0. The van der Waals surface area contributed by atoms with Crippen molar-refractivity contribution >= 4 is 0 Å². The molecule has 2 nitrogen and oxygen atoms in total. The largest absolute Gasteiger partial charge is 0.318 e. The predicted octanol–water partition coefficient (Wildman–Crippen LogP) is 0.203. The molecule has 1 rings (SSSR count). The first kappa shape index (κ1) is 7.88. The van der Waals surface area contributed by atoms with Crippen LogP contribution in [0.1, 0.15) is 6.42 Å². The minimum absolute atomic E-state index is 0.0284. The van der Waals surface area contributed by atoms with Gasteiger partial charge in [0.2, 0.25) is 0 Å². The zero-order chi connectivity index (χ0) is 7.61. The van der Waals surface area contributed by atoms with Crippen molar-refractivity contribution in [1.29, 1.82) is 0 Å². The summed E-state index contributed by atoms with van der Waals surface area (Å²) in [4.78, 5) is 0. The minimum Gasteiger partial charge on any atom is -0.318 e. The number of likely N-dealkylation sites (N-methyl/N-ethyl adjacent to an activating group) is 1. The summed E-state index contributed by atoms with van der Waals surface area (Å²) in [7, 11) is 1.68. The lowest BCUT2D eigenvalue weighted by Crippen LogP contribution is -2.42. The molecule has 1 aliphatic rings. The average Bonchev–Trinajstić information content (AvgIpc) is 2.13. The van der Waals surface area contributed by atoms with Gasteiger partial charge in [0.15, 0.2) is 0 Å². The molecule has 0 aliphatic carbocycles. The lowest BCUT2D eigenvalue weighted by Gasteiger charge is -2.17. The smallest absolute Gasteiger partial charge is 0.265 e. The summed E-state index contributed by atoms with van der Waals surface area (Å²) in [5, 5.41) is 5.46. The van der Waals surface area contributed by atoms with Gasteiger partial charge in [-0.2, -0.15) is 0 Å². The van der Waals surface area contributed by atoms with E-state index in [1.54, 1.807) is 7.05 Å². The number of nitrogens with one attached hydrogen (secondary N) is 2. The lowest BCUT2D eigenvalue weighted by atomic mass is 10.1.